The average Bonchev–Trinajstić information content (AvgIpc) is 2.96. The van der Waals surface area contributed by atoms with Crippen LogP contribution in [-0.2, 0) is 6.42 Å². The lowest BCUT2D eigenvalue weighted by Gasteiger charge is -2.26. The third-order valence-electron chi connectivity index (χ3n) is 7.08. The van der Waals surface area contributed by atoms with Crippen LogP contribution in [0.3, 0.4) is 0 Å². The Hall–Kier alpha value is -3.62. The van der Waals surface area contributed by atoms with Crippen molar-refractivity contribution >= 4 is 33.0 Å². The van der Waals surface area contributed by atoms with Crippen LogP contribution < -0.4 is 4.90 Å². The minimum atomic E-state index is 1.09. The maximum Gasteiger partial charge on any atom is 0.0462 e. The molecule has 190 valence electrons. The summed E-state index contributed by atoms with van der Waals surface area (Å²) in [7, 11) is 0. The number of nitrogens with zero attached hydrogens (tertiary/aromatic N) is 1. The maximum atomic E-state index is 3.53. The minimum absolute atomic E-state index is 1.09. The SMILES string of the molecule is CCCCCc1ccc(-c2ccc(N(c3ccc(C)cc3)c3ccc(-c4ccc(Br)cc4)cc3)cc2)cc1. The van der Waals surface area contributed by atoms with Crippen molar-refractivity contribution in [3.05, 3.63) is 137 Å². The van der Waals surface area contributed by atoms with Crippen LogP contribution in [0.1, 0.15) is 37.3 Å². The van der Waals surface area contributed by atoms with Gasteiger partial charge in [0.25, 0.3) is 0 Å². The Labute approximate surface area is 235 Å². The van der Waals surface area contributed by atoms with E-state index < -0.39 is 0 Å². The first-order valence-electron chi connectivity index (χ1n) is 13.5. The molecule has 0 aromatic heterocycles. The highest BCUT2D eigenvalue weighted by Gasteiger charge is 2.13. The van der Waals surface area contributed by atoms with Crippen molar-refractivity contribution in [3.8, 4) is 22.3 Å². The van der Waals surface area contributed by atoms with Crippen molar-refractivity contribution < 1.29 is 0 Å². The van der Waals surface area contributed by atoms with Gasteiger partial charge in [-0.2, -0.15) is 0 Å². The summed E-state index contributed by atoms with van der Waals surface area (Å²) in [5.74, 6) is 0. The zero-order valence-electron chi connectivity index (χ0n) is 22.2. The summed E-state index contributed by atoms with van der Waals surface area (Å²) in [5, 5.41) is 0. The van der Waals surface area contributed by atoms with Gasteiger partial charge in [0.1, 0.15) is 0 Å². The van der Waals surface area contributed by atoms with Gasteiger partial charge in [0.05, 0.1) is 0 Å². The van der Waals surface area contributed by atoms with E-state index in [9.17, 15) is 0 Å². The van der Waals surface area contributed by atoms with Crippen LogP contribution in [0.5, 0.6) is 0 Å². The second-order valence-corrected chi connectivity index (χ2v) is 10.8. The summed E-state index contributed by atoms with van der Waals surface area (Å²) in [6, 6.07) is 44.1. The number of hydrogen-bond donors (Lipinski definition) is 0. The van der Waals surface area contributed by atoms with Crippen molar-refractivity contribution in [1.29, 1.82) is 0 Å². The van der Waals surface area contributed by atoms with E-state index in [2.05, 4.69) is 156 Å². The number of benzene rings is 5. The van der Waals surface area contributed by atoms with E-state index in [1.165, 1.54) is 59.1 Å². The average molecular weight is 561 g/mol. The molecule has 0 amide bonds. The molecule has 5 aromatic rings. The predicted molar refractivity (Wildman–Crippen MR) is 168 cm³/mol. The van der Waals surface area contributed by atoms with Crippen LogP contribution in [0, 0.1) is 6.92 Å². The molecule has 0 aliphatic heterocycles. The summed E-state index contributed by atoms with van der Waals surface area (Å²) in [5.41, 5.74) is 11.0. The van der Waals surface area contributed by atoms with Crippen molar-refractivity contribution in [2.24, 2.45) is 0 Å². The first kappa shape index (κ1) is 26.0. The van der Waals surface area contributed by atoms with Gasteiger partial charge in [-0.1, -0.05) is 114 Å². The zero-order valence-corrected chi connectivity index (χ0v) is 23.8. The molecule has 0 N–H and O–H groups in total. The third kappa shape index (κ3) is 6.26. The van der Waals surface area contributed by atoms with Crippen molar-refractivity contribution in [2.45, 2.75) is 39.5 Å². The van der Waals surface area contributed by atoms with Gasteiger partial charge in [0.15, 0.2) is 0 Å². The highest BCUT2D eigenvalue weighted by atomic mass is 79.9. The van der Waals surface area contributed by atoms with E-state index in [1.807, 2.05) is 0 Å². The molecule has 0 aliphatic carbocycles. The Morgan fingerprint density at radius 1 is 0.500 bits per heavy atom. The molecule has 5 aromatic carbocycles. The van der Waals surface area contributed by atoms with Gasteiger partial charge in [-0.15, -0.1) is 0 Å². The molecule has 0 aliphatic rings. The molecule has 2 heteroatoms. The Bertz CT molecular complexity index is 1430. The molecular weight excluding hydrogens is 526 g/mol. The van der Waals surface area contributed by atoms with Crippen LogP contribution >= 0.6 is 15.9 Å². The molecule has 38 heavy (non-hydrogen) atoms. The summed E-state index contributed by atoms with van der Waals surface area (Å²) in [6.45, 7) is 4.39. The largest absolute Gasteiger partial charge is 0.311 e. The van der Waals surface area contributed by atoms with Gasteiger partial charge in [-0.3, -0.25) is 0 Å². The third-order valence-corrected chi connectivity index (χ3v) is 7.61. The molecule has 0 unspecified atom stereocenters. The molecule has 0 saturated heterocycles. The number of hydrogen-bond acceptors (Lipinski definition) is 1. The van der Waals surface area contributed by atoms with Crippen LogP contribution in [0.15, 0.2) is 126 Å². The van der Waals surface area contributed by atoms with Crippen molar-refractivity contribution in [1.82, 2.24) is 0 Å². The fourth-order valence-electron chi connectivity index (χ4n) is 4.83. The standard InChI is InChI=1S/C36H34BrN/c1-3-4-5-6-28-9-11-29(12-10-28)31-15-23-35(24-16-31)38(34-21-7-27(2)8-22-34)36-25-17-32(18-26-36)30-13-19-33(37)20-14-30/h7-26H,3-6H2,1-2H3. The fourth-order valence-corrected chi connectivity index (χ4v) is 5.10. The van der Waals surface area contributed by atoms with Gasteiger partial charge in [0, 0.05) is 21.5 Å². The second-order valence-electron chi connectivity index (χ2n) is 9.93. The molecule has 0 radical (unpaired) electrons. The molecule has 0 atom stereocenters. The van der Waals surface area contributed by atoms with E-state index in [-0.39, 0.29) is 0 Å². The van der Waals surface area contributed by atoms with E-state index in [0.717, 1.165) is 21.5 Å². The number of rotatable bonds is 9. The van der Waals surface area contributed by atoms with E-state index in [1.54, 1.807) is 0 Å². The molecule has 5 rings (SSSR count). The topological polar surface area (TPSA) is 3.24 Å². The molecule has 0 spiro atoms. The highest BCUT2D eigenvalue weighted by Crippen LogP contribution is 2.37. The second kappa shape index (κ2) is 12.3. The summed E-state index contributed by atoms with van der Waals surface area (Å²) >= 11 is 3.53. The van der Waals surface area contributed by atoms with Crippen molar-refractivity contribution in [2.75, 3.05) is 4.90 Å². The predicted octanol–water partition coefficient (Wildman–Crippen LogP) is 11.3. The van der Waals surface area contributed by atoms with Crippen molar-refractivity contribution in [3.63, 3.8) is 0 Å². The zero-order chi connectivity index (χ0) is 26.3. The fraction of sp³-hybridized carbons (Fsp3) is 0.167. The van der Waals surface area contributed by atoms with Gasteiger partial charge in [-0.25, -0.2) is 0 Å². The van der Waals surface area contributed by atoms with Gasteiger partial charge in [-0.05, 0) is 96.1 Å². The first-order chi connectivity index (χ1) is 18.6. The van der Waals surface area contributed by atoms with Gasteiger partial charge >= 0.3 is 0 Å². The number of unbranched alkanes of at least 4 members (excludes halogenated alkanes) is 2. The lowest BCUT2D eigenvalue weighted by molar-refractivity contribution is 0.717. The normalized spacial score (nSPS) is 10.9. The molecule has 0 saturated carbocycles. The number of anilines is 3. The van der Waals surface area contributed by atoms with E-state index in [0.29, 0.717) is 0 Å². The summed E-state index contributed by atoms with van der Waals surface area (Å²) in [4.78, 5) is 2.32. The molecule has 0 heterocycles. The Kier molecular flexibility index (Phi) is 8.41. The van der Waals surface area contributed by atoms with E-state index in [4.69, 9.17) is 0 Å². The first-order valence-corrected chi connectivity index (χ1v) is 14.3. The van der Waals surface area contributed by atoms with Crippen LogP contribution in [0.25, 0.3) is 22.3 Å². The Morgan fingerprint density at radius 2 is 0.895 bits per heavy atom. The molecule has 1 nitrogen and oxygen atoms in total. The quantitative estimate of drug-likeness (QED) is 0.162. The number of aryl methyl sites for hydroxylation is 2. The monoisotopic (exact) mass is 559 g/mol. The van der Waals surface area contributed by atoms with E-state index >= 15 is 0 Å². The highest BCUT2D eigenvalue weighted by molar-refractivity contribution is 9.10. The van der Waals surface area contributed by atoms with Gasteiger partial charge in [0.2, 0.25) is 0 Å². The van der Waals surface area contributed by atoms with Crippen LogP contribution in [0.2, 0.25) is 0 Å². The smallest absolute Gasteiger partial charge is 0.0462 e. The van der Waals surface area contributed by atoms with Gasteiger partial charge < -0.3 is 4.90 Å². The lowest BCUT2D eigenvalue weighted by Crippen LogP contribution is -2.09. The minimum Gasteiger partial charge on any atom is -0.311 e. The number of halogens is 1. The molecule has 0 bridgehead atoms. The maximum absolute atomic E-state index is 3.53. The molecular formula is C36H34BrN. The Balaban J connectivity index is 1.42. The lowest BCUT2D eigenvalue weighted by atomic mass is 10.0. The Morgan fingerprint density at radius 3 is 1.34 bits per heavy atom. The summed E-state index contributed by atoms with van der Waals surface area (Å²) in [6.07, 6.45) is 5.00. The summed E-state index contributed by atoms with van der Waals surface area (Å²) < 4.78 is 1.09. The van der Waals surface area contributed by atoms with Crippen LogP contribution in [-0.4, -0.2) is 0 Å². The molecule has 0 fully saturated rings. The van der Waals surface area contributed by atoms with Crippen LogP contribution in [0.4, 0.5) is 17.1 Å².